The minimum absolute atomic E-state index is 0.895. The smallest absolute Gasteiger partial charge is 0.0988 e. The third-order valence-corrected chi connectivity index (χ3v) is 15.0. The highest BCUT2D eigenvalue weighted by molar-refractivity contribution is 7.19. The largest absolute Gasteiger partial charge is 0.340 e. The molecule has 0 radical (unpaired) electrons. The molecule has 0 aliphatic rings. The van der Waals surface area contributed by atoms with Crippen molar-refractivity contribution in [2.24, 2.45) is 0 Å². The maximum atomic E-state index is 5.81. The highest BCUT2D eigenvalue weighted by Crippen LogP contribution is 2.45. The number of nitrogens with zero attached hydrogens (tertiary/aromatic N) is 3. The summed E-state index contributed by atoms with van der Waals surface area (Å²) in [7, 11) is 0. The first-order valence-corrected chi connectivity index (χ1v) is 24.2. The van der Waals surface area contributed by atoms with Gasteiger partial charge >= 0.3 is 0 Å². The molecule has 308 valence electrons. The Morgan fingerprint density at radius 3 is 1.65 bits per heavy atom. The van der Waals surface area contributed by atoms with E-state index in [-0.39, 0.29) is 0 Å². The molecule has 0 aliphatic carbocycles. The quantitative estimate of drug-likeness (QED) is 0.115. The molecule has 0 aliphatic heterocycles. The van der Waals surface area contributed by atoms with Crippen LogP contribution in [0.4, 0.5) is 0 Å². The minimum Gasteiger partial charge on any atom is -0.340 e. The second kappa shape index (κ2) is 16.7. The van der Waals surface area contributed by atoms with Crippen molar-refractivity contribution in [2.75, 3.05) is 0 Å². The van der Waals surface area contributed by atoms with Crippen molar-refractivity contribution < 1.29 is 0 Å². The Kier molecular flexibility index (Phi) is 10.5. The van der Waals surface area contributed by atoms with Crippen LogP contribution in [0.1, 0.15) is 55.9 Å². The van der Waals surface area contributed by atoms with Crippen molar-refractivity contribution in [3.63, 3.8) is 0 Å². The van der Waals surface area contributed by atoms with Crippen LogP contribution in [-0.4, -0.2) is 14.5 Å². The summed E-state index contributed by atoms with van der Waals surface area (Å²) in [4.78, 5) is 16.5. The van der Waals surface area contributed by atoms with Gasteiger partial charge in [0.2, 0.25) is 0 Å². The first kappa shape index (κ1) is 39.4. The van der Waals surface area contributed by atoms with E-state index in [0.717, 1.165) is 51.2 Å². The van der Waals surface area contributed by atoms with E-state index in [1.165, 1.54) is 113 Å². The van der Waals surface area contributed by atoms with Crippen LogP contribution in [0.15, 0.2) is 158 Å². The molecule has 0 amide bonds. The number of hydrogen-bond donors (Lipinski definition) is 0. The molecule has 0 spiro atoms. The molecule has 0 fully saturated rings. The molecule has 11 rings (SSSR count). The second-order valence-corrected chi connectivity index (χ2v) is 19.4. The van der Waals surface area contributed by atoms with Crippen molar-refractivity contribution in [2.45, 2.75) is 65.8 Å². The lowest BCUT2D eigenvalue weighted by Gasteiger charge is -2.17. The number of hydrogen-bond acceptors (Lipinski definition) is 4. The Morgan fingerprint density at radius 2 is 1.00 bits per heavy atom. The second-order valence-electron chi connectivity index (χ2n) is 17.1. The molecule has 63 heavy (non-hydrogen) atoms. The van der Waals surface area contributed by atoms with Gasteiger partial charge in [-0.1, -0.05) is 160 Å². The predicted octanol–water partition coefficient (Wildman–Crippen LogP) is 17.5. The van der Waals surface area contributed by atoms with Crippen LogP contribution in [0.2, 0.25) is 0 Å². The van der Waals surface area contributed by atoms with Gasteiger partial charge < -0.3 is 4.57 Å². The van der Waals surface area contributed by atoms with Gasteiger partial charge in [-0.25, -0.2) is 9.97 Å². The molecule has 0 atom stereocenters. The lowest BCUT2D eigenvalue weighted by atomic mass is 9.94. The Bertz CT molecular complexity index is 3480. The molecule has 11 aromatic rings. The van der Waals surface area contributed by atoms with E-state index in [2.05, 4.69) is 183 Å². The molecule has 0 saturated heterocycles. The van der Waals surface area contributed by atoms with Crippen LogP contribution in [-0.2, 0) is 6.54 Å². The van der Waals surface area contributed by atoms with Crippen LogP contribution in [0.3, 0.4) is 0 Å². The summed E-state index contributed by atoms with van der Waals surface area (Å²) in [5.74, 6) is 0. The van der Waals surface area contributed by atoms with Crippen LogP contribution < -0.4 is 0 Å². The van der Waals surface area contributed by atoms with Gasteiger partial charge in [0.15, 0.2) is 0 Å². The maximum Gasteiger partial charge on any atom is 0.0988 e. The van der Waals surface area contributed by atoms with Crippen molar-refractivity contribution in [1.82, 2.24) is 14.5 Å². The van der Waals surface area contributed by atoms with Gasteiger partial charge in [0.05, 0.1) is 22.4 Å². The number of rotatable bonds is 12. The summed E-state index contributed by atoms with van der Waals surface area (Å²) in [5.41, 5.74) is 13.2. The Hall–Kier alpha value is -6.40. The topological polar surface area (TPSA) is 30.7 Å². The first-order chi connectivity index (χ1) is 31.0. The van der Waals surface area contributed by atoms with Gasteiger partial charge in [0, 0.05) is 70.1 Å². The zero-order chi connectivity index (χ0) is 42.4. The first-order valence-electron chi connectivity index (χ1n) is 22.5. The van der Waals surface area contributed by atoms with Crippen molar-refractivity contribution >= 4 is 77.1 Å². The molecule has 7 aromatic carbocycles. The van der Waals surface area contributed by atoms with Gasteiger partial charge in [-0.15, -0.1) is 22.7 Å². The van der Waals surface area contributed by atoms with E-state index < -0.39 is 0 Å². The van der Waals surface area contributed by atoms with E-state index >= 15 is 0 Å². The summed E-state index contributed by atoms with van der Waals surface area (Å²) in [6.45, 7) is 7.72. The molecule has 4 aromatic heterocycles. The number of fused-ring (bicyclic) bond motifs is 6. The maximum absolute atomic E-state index is 5.81. The van der Waals surface area contributed by atoms with Crippen LogP contribution in [0.5, 0.6) is 0 Å². The van der Waals surface area contributed by atoms with Crippen molar-refractivity contribution in [3.05, 3.63) is 168 Å². The normalized spacial score (nSPS) is 11.9. The molecule has 5 heteroatoms. The summed E-state index contributed by atoms with van der Waals surface area (Å²) < 4.78 is 2.59. The average Bonchev–Trinajstić information content (AvgIpc) is 4.06. The number of unbranched alkanes of at least 4 members (excludes halogenated alkanes) is 5. The monoisotopic (exact) mass is 851 g/mol. The SMILES string of the molecule is CCCCCCCCn1c2cc(C)ccc2c2ccc(-c3ccc(-c4ccc(-c5ccc(C)s5)c5nc(-c6cccc7ccccc67)c(-c6cccc7ccccc67)nc45)s3)cc21. The number of aryl methyl sites for hydroxylation is 3. The van der Waals surface area contributed by atoms with Crippen LogP contribution in [0.25, 0.3) is 108 Å². The van der Waals surface area contributed by atoms with Gasteiger partial charge in [-0.05, 0) is 89.3 Å². The standard InChI is InChI=1S/C58H49N3S2/c1-4-5-6-7-8-13-34-61-50-35-37(2)24-27-44(50)45-28-26-41(36-51(45)61)52-32-33-54(63-52)49-30-29-48(53-31-25-38(3)62-53)57-58(49)60-56(47-23-15-19-40-17-10-12-21-43(40)47)55(59-57)46-22-14-18-39-16-9-11-20-42(39)46/h9-12,14-33,35-36H,4-8,13,34H2,1-3H3. The van der Waals surface area contributed by atoms with E-state index in [1.54, 1.807) is 0 Å². The van der Waals surface area contributed by atoms with Gasteiger partial charge in [0.1, 0.15) is 0 Å². The van der Waals surface area contributed by atoms with E-state index in [1.807, 2.05) is 22.7 Å². The third kappa shape index (κ3) is 7.23. The van der Waals surface area contributed by atoms with Gasteiger partial charge in [-0.3, -0.25) is 0 Å². The van der Waals surface area contributed by atoms with Gasteiger partial charge in [-0.2, -0.15) is 0 Å². The third-order valence-electron chi connectivity index (χ3n) is 12.8. The fraction of sp³-hybridized carbons (Fsp3) is 0.172. The zero-order valence-electron chi connectivity index (χ0n) is 36.1. The van der Waals surface area contributed by atoms with E-state index in [4.69, 9.17) is 9.97 Å². The van der Waals surface area contributed by atoms with Crippen molar-refractivity contribution in [3.8, 4) is 53.8 Å². The molecule has 3 nitrogen and oxygen atoms in total. The fourth-order valence-electron chi connectivity index (χ4n) is 9.64. The summed E-state index contributed by atoms with van der Waals surface area (Å²) >= 11 is 3.66. The predicted molar refractivity (Wildman–Crippen MR) is 273 cm³/mol. The molecule has 0 bridgehead atoms. The number of benzene rings is 7. The number of aromatic nitrogens is 3. The molecular weight excluding hydrogens is 803 g/mol. The molecule has 0 unspecified atom stereocenters. The van der Waals surface area contributed by atoms with Crippen LogP contribution in [0, 0.1) is 13.8 Å². The minimum atomic E-state index is 0.895. The molecule has 0 N–H and O–H groups in total. The zero-order valence-corrected chi connectivity index (χ0v) is 37.8. The summed E-state index contributed by atoms with van der Waals surface area (Å²) in [5, 5.41) is 7.38. The Labute approximate surface area is 377 Å². The van der Waals surface area contributed by atoms with Crippen molar-refractivity contribution in [1.29, 1.82) is 0 Å². The van der Waals surface area contributed by atoms with E-state index in [9.17, 15) is 0 Å². The highest BCUT2D eigenvalue weighted by Gasteiger charge is 2.23. The molecular formula is C58H49N3S2. The number of thiophene rings is 2. The fourth-order valence-corrected chi connectivity index (χ4v) is 11.6. The average molecular weight is 852 g/mol. The van der Waals surface area contributed by atoms with E-state index in [0.29, 0.717) is 0 Å². The molecule has 4 heterocycles. The highest BCUT2D eigenvalue weighted by atomic mass is 32.1. The summed E-state index contributed by atoms with van der Waals surface area (Å²) in [6, 6.07) is 58.0. The van der Waals surface area contributed by atoms with Gasteiger partial charge in [0.25, 0.3) is 0 Å². The lowest BCUT2D eigenvalue weighted by Crippen LogP contribution is -1.99. The lowest BCUT2D eigenvalue weighted by molar-refractivity contribution is 0.571. The summed E-state index contributed by atoms with van der Waals surface area (Å²) in [6.07, 6.45) is 7.73. The Balaban J connectivity index is 1.09. The van der Waals surface area contributed by atoms with Crippen LogP contribution >= 0.6 is 22.7 Å². The molecule has 0 saturated carbocycles. The Morgan fingerprint density at radius 1 is 0.444 bits per heavy atom.